The van der Waals surface area contributed by atoms with Crippen LogP contribution in [0.3, 0.4) is 0 Å². The first kappa shape index (κ1) is 19.7. The Labute approximate surface area is 161 Å². The number of carbonyl (C=O) groups is 1. The average molecular weight is 386 g/mol. The van der Waals surface area contributed by atoms with E-state index in [-0.39, 0.29) is 23.8 Å². The molecule has 1 saturated carbocycles. The molecule has 0 heterocycles. The zero-order chi connectivity index (χ0) is 20.1. The van der Waals surface area contributed by atoms with E-state index in [0.29, 0.717) is 5.56 Å². The SMILES string of the molecule is O=C(C=Cc1ccccc1[N+](=O)[O-])N(Cc1c(F)cccc1F)C1CCCC1. The topological polar surface area (TPSA) is 63.4 Å². The van der Waals surface area contributed by atoms with Crippen molar-refractivity contribution in [3.63, 3.8) is 0 Å². The monoisotopic (exact) mass is 386 g/mol. The molecule has 0 atom stereocenters. The minimum absolute atomic E-state index is 0.109. The summed E-state index contributed by atoms with van der Waals surface area (Å²) in [7, 11) is 0. The molecule has 0 aliphatic heterocycles. The molecule has 0 unspecified atom stereocenters. The van der Waals surface area contributed by atoms with Crippen molar-refractivity contribution in [2.24, 2.45) is 0 Å². The van der Waals surface area contributed by atoms with Crippen LogP contribution in [0, 0.1) is 21.7 Å². The lowest BCUT2D eigenvalue weighted by Gasteiger charge is -2.28. The maximum atomic E-state index is 14.1. The fourth-order valence-corrected chi connectivity index (χ4v) is 3.51. The van der Waals surface area contributed by atoms with Gasteiger partial charge in [-0.25, -0.2) is 8.78 Å². The van der Waals surface area contributed by atoms with Gasteiger partial charge in [-0.15, -0.1) is 0 Å². The number of nitrogens with zero attached hydrogens (tertiary/aromatic N) is 2. The molecule has 1 amide bonds. The highest BCUT2D eigenvalue weighted by atomic mass is 19.1. The minimum Gasteiger partial charge on any atom is -0.332 e. The lowest BCUT2D eigenvalue weighted by atomic mass is 10.1. The van der Waals surface area contributed by atoms with Crippen LogP contribution in [-0.2, 0) is 11.3 Å². The van der Waals surface area contributed by atoms with Crippen molar-refractivity contribution >= 4 is 17.7 Å². The van der Waals surface area contributed by atoms with Crippen molar-refractivity contribution in [3.8, 4) is 0 Å². The van der Waals surface area contributed by atoms with Gasteiger partial charge in [0.15, 0.2) is 0 Å². The van der Waals surface area contributed by atoms with Crippen LogP contribution < -0.4 is 0 Å². The van der Waals surface area contributed by atoms with E-state index in [1.165, 1.54) is 41.3 Å². The van der Waals surface area contributed by atoms with E-state index >= 15 is 0 Å². The number of amides is 1. The Morgan fingerprint density at radius 1 is 1.11 bits per heavy atom. The van der Waals surface area contributed by atoms with Crippen LogP contribution in [0.15, 0.2) is 48.5 Å². The molecule has 2 aromatic carbocycles. The van der Waals surface area contributed by atoms with Crippen molar-refractivity contribution in [2.45, 2.75) is 38.3 Å². The molecule has 28 heavy (non-hydrogen) atoms. The highest BCUT2D eigenvalue weighted by molar-refractivity contribution is 5.92. The number of rotatable bonds is 6. The molecule has 2 aromatic rings. The van der Waals surface area contributed by atoms with Gasteiger partial charge in [-0.1, -0.05) is 31.0 Å². The number of halogens is 2. The summed E-state index contributed by atoms with van der Waals surface area (Å²) in [5.74, 6) is -1.82. The van der Waals surface area contributed by atoms with Gasteiger partial charge < -0.3 is 4.90 Å². The first-order valence-corrected chi connectivity index (χ1v) is 9.12. The van der Waals surface area contributed by atoms with Crippen LogP contribution in [0.5, 0.6) is 0 Å². The molecule has 1 fully saturated rings. The molecule has 5 nitrogen and oxygen atoms in total. The summed E-state index contributed by atoms with van der Waals surface area (Å²) < 4.78 is 28.2. The van der Waals surface area contributed by atoms with Crippen molar-refractivity contribution in [1.29, 1.82) is 0 Å². The molecule has 1 aliphatic carbocycles. The third-order valence-corrected chi connectivity index (χ3v) is 4.98. The smallest absolute Gasteiger partial charge is 0.276 e. The summed E-state index contributed by atoms with van der Waals surface area (Å²) in [5, 5.41) is 11.1. The van der Waals surface area contributed by atoms with Gasteiger partial charge in [0.25, 0.3) is 5.69 Å². The molecule has 0 bridgehead atoms. The lowest BCUT2D eigenvalue weighted by Crippen LogP contribution is -2.37. The van der Waals surface area contributed by atoms with Crippen LogP contribution in [0.4, 0.5) is 14.5 Å². The standard InChI is InChI=1S/C21H20F2N2O3/c22-18-9-5-10-19(23)17(18)14-24(16-7-2-3-8-16)21(26)13-12-15-6-1-4-11-20(15)25(27)28/h1,4-6,9-13,16H,2-3,7-8,14H2. The largest absolute Gasteiger partial charge is 0.332 e. The molecule has 7 heteroatoms. The first-order chi connectivity index (χ1) is 13.5. The van der Waals surface area contributed by atoms with Crippen LogP contribution in [0.2, 0.25) is 0 Å². The van der Waals surface area contributed by atoms with Gasteiger partial charge in [0.05, 0.1) is 17.0 Å². The van der Waals surface area contributed by atoms with Gasteiger partial charge >= 0.3 is 0 Å². The minimum atomic E-state index is -0.696. The number of hydrogen-bond donors (Lipinski definition) is 0. The normalized spacial score (nSPS) is 14.5. The van der Waals surface area contributed by atoms with Gasteiger partial charge in [-0.2, -0.15) is 0 Å². The Morgan fingerprint density at radius 3 is 2.39 bits per heavy atom. The number of benzene rings is 2. The Bertz CT molecular complexity index is 888. The zero-order valence-corrected chi connectivity index (χ0v) is 15.2. The summed E-state index contributed by atoms with van der Waals surface area (Å²) >= 11 is 0. The Hall–Kier alpha value is -3.09. The van der Waals surface area contributed by atoms with Crippen molar-refractivity contribution in [2.75, 3.05) is 0 Å². The zero-order valence-electron chi connectivity index (χ0n) is 15.2. The Balaban J connectivity index is 1.86. The van der Waals surface area contributed by atoms with E-state index in [9.17, 15) is 23.7 Å². The Morgan fingerprint density at radius 2 is 1.75 bits per heavy atom. The fourth-order valence-electron chi connectivity index (χ4n) is 3.51. The number of para-hydroxylation sites is 1. The summed E-state index contributed by atoms with van der Waals surface area (Å²) in [4.78, 5) is 24.9. The van der Waals surface area contributed by atoms with E-state index in [1.54, 1.807) is 18.2 Å². The first-order valence-electron chi connectivity index (χ1n) is 9.12. The highest BCUT2D eigenvalue weighted by Gasteiger charge is 2.27. The summed E-state index contributed by atoms with van der Waals surface area (Å²) in [5.41, 5.74) is 0.0326. The summed E-state index contributed by atoms with van der Waals surface area (Å²) in [6.07, 6.45) is 6.03. The molecule has 146 valence electrons. The van der Waals surface area contributed by atoms with Gasteiger partial charge in [-0.3, -0.25) is 14.9 Å². The van der Waals surface area contributed by atoms with Crippen LogP contribution in [-0.4, -0.2) is 21.8 Å². The molecule has 1 aliphatic rings. The molecule has 0 radical (unpaired) electrons. The highest BCUT2D eigenvalue weighted by Crippen LogP contribution is 2.27. The molecular weight excluding hydrogens is 366 g/mol. The number of nitro benzene ring substituents is 1. The molecule has 0 spiro atoms. The third kappa shape index (κ3) is 4.42. The van der Waals surface area contributed by atoms with Crippen molar-refractivity contribution in [1.82, 2.24) is 4.90 Å². The fraction of sp³-hybridized carbons (Fsp3) is 0.286. The van der Waals surface area contributed by atoms with E-state index in [0.717, 1.165) is 25.7 Å². The van der Waals surface area contributed by atoms with Gasteiger partial charge in [0, 0.05) is 23.7 Å². The third-order valence-electron chi connectivity index (χ3n) is 4.98. The molecule has 0 saturated heterocycles. The second kappa shape index (κ2) is 8.73. The summed E-state index contributed by atoms with van der Waals surface area (Å²) in [6.45, 7) is -0.177. The van der Waals surface area contributed by atoms with Crippen molar-refractivity contribution < 1.29 is 18.5 Å². The lowest BCUT2D eigenvalue weighted by molar-refractivity contribution is -0.385. The van der Waals surface area contributed by atoms with Gasteiger partial charge in [0.2, 0.25) is 5.91 Å². The number of hydrogen-bond acceptors (Lipinski definition) is 3. The number of nitro groups is 1. The second-order valence-corrected chi connectivity index (χ2v) is 6.75. The Kier molecular flexibility index (Phi) is 6.13. The van der Waals surface area contributed by atoms with Crippen LogP contribution in [0.1, 0.15) is 36.8 Å². The molecule has 0 N–H and O–H groups in total. The van der Waals surface area contributed by atoms with Crippen molar-refractivity contribution in [3.05, 3.63) is 81.4 Å². The van der Waals surface area contributed by atoms with E-state index < -0.39 is 22.5 Å². The quantitative estimate of drug-likeness (QED) is 0.405. The second-order valence-electron chi connectivity index (χ2n) is 6.75. The maximum absolute atomic E-state index is 14.1. The predicted molar refractivity (Wildman–Crippen MR) is 101 cm³/mol. The van der Waals surface area contributed by atoms with Crippen LogP contribution >= 0.6 is 0 Å². The van der Waals surface area contributed by atoms with E-state index in [2.05, 4.69) is 0 Å². The van der Waals surface area contributed by atoms with Crippen LogP contribution in [0.25, 0.3) is 6.08 Å². The predicted octanol–water partition coefficient (Wildman–Crippen LogP) is 4.86. The van der Waals surface area contributed by atoms with E-state index in [1.807, 2.05) is 0 Å². The maximum Gasteiger partial charge on any atom is 0.276 e. The molecule has 0 aromatic heterocycles. The van der Waals surface area contributed by atoms with E-state index in [4.69, 9.17) is 0 Å². The van der Waals surface area contributed by atoms with Gasteiger partial charge in [0.1, 0.15) is 11.6 Å². The summed E-state index contributed by atoms with van der Waals surface area (Å²) in [6, 6.07) is 9.58. The molecular formula is C21H20F2N2O3. The number of carbonyl (C=O) groups excluding carboxylic acids is 1. The molecule has 3 rings (SSSR count). The average Bonchev–Trinajstić information content (AvgIpc) is 3.20. The van der Waals surface area contributed by atoms with Gasteiger partial charge in [-0.05, 0) is 37.1 Å².